The fourth-order valence-corrected chi connectivity index (χ4v) is 3.80. The molecule has 3 aromatic carbocycles. The van der Waals surface area contributed by atoms with Gasteiger partial charge in [-0.2, -0.15) is 0 Å². The highest BCUT2D eigenvalue weighted by Gasteiger charge is 2.13. The first-order chi connectivity index (χ1) is 17.4. The minimum Gasteiger partial charge on any atom is -0.493 e. The predicted molar refractivity (Wildman–Crippen MR) is 139 cm³/mol. The molecule has 36 heavy (non-hydrogen) atoms. The summed E-state index contributed by atoms with van der Waals surface area (Å²) < 4.78 is 36.2. The Hall–Kier alpha value is -3.25. The molecule has 7 heteroatoms. The van der Waals surface area contributed by atoms with Gasteiger partial charge in [-0.1, -0.05) is 24.6 Å². The van der Waals surface area contributed by atoms with E-state index in [2.05, 4.69) is 6.92 Å². The lowest BCUT2D eigenvalue weighted by Gasteiger charge is -2.18. The lowest BCUT2D eigenvalue weighted by molar-refractivity contribution is -0.143. The topological polar surface area (TPSA) is 54.0 Å². The zero-order valence-corrected chi connectivity index (χ0v) is 21.6. The van der Waals surface area contributed by atoms with Crippen molar-refractivity contribution in [2.24, 2.45) is 0 Å². The van der Waals surface area contributed by atoms with Gasteiger partial charge in [-0.25, -0.2) is 4.39 Å². The molecule has 5 nitrogen and oxygen atoms in total. The Morgan fingerprint density at radius 1 is 0.944 bits per heavy atom. The van der Waals surface area contributed by atoms with Crippen LogP contribution in [0.15, 0.2) is 60.7 Å². The van der Waals surface area contributed by atoms with Crippen LogP contribution in [-0.4, -0.2) is 25.3 Å². The van der Waals surface area contributed by atoms with Crippen molar-refractivity contribution in [3.8, 4) is 23.0 Å². The Labute approximate surface area is 217 Å². The van der Waals surface area contributed by atoms with E-state index >= 15 is 0 Å². The van der Waals surface area contributed by atoms with Gasteiger partial charge in [0, 0.05) is 23.9 Å². The second-order valence-corrected chi connectivity index (χ2v) is 8.74. The molecular weight excluding hydrogens is 483 g/mol. The SMILES string of the molecule is CCOC(=O)CCc1ccc(OCCC(C)Oc2ccc(Cl)cc2Oc2ccc(F)cc2)cc1CC. The van der Waals surface area contributed by atoms with Crippen LogP contribution in [-0.2, 0) is 22.4 Å². The highest BCUT2D eigenvalue weighted by Crippen LogP contribution is 2.35. The molecule has 0 heterocycles. The lowest BCUT2D eigenvalue weighted by Crippen LogP contribution is -2.16. The molecule has 0 aliphatic rings. The van der Waals surface area contributed by atoms with Gasteiger partial charge in [0.25, 0.3) is 0 Å². The number of esters is 1. The van der Waals surface area contributed by atoms with E-state index in [9.17, 15) is 9.18 Å². The predicted octanol–water partition coefficient (Wildman–Crippen LogP) is 7.57. The molecule has 0 radical (unpaired) electrons. The molecule has 0 aliphatic carbocycles. The van der Waals surface area contributed by atoms with Crippen LogP contribution in [0, 0.1) is 5.82 Å². The summed E-state index contributed by atoms with van der Waals surface area (Å²) in [5.41, 5.74) is 2.29. The minimum absolute atomic E-state index is 0.156. The molecule has 3 rings (SSSR count). The molecule has 3 aromatic rings. The van der Waals surface area contributed by atoms with Gasteiger partial charge in [0.2, 0.25) is 0 Å². The van der Waals surface area contributed by atoms with Gasteiger partial charge in [-0.05, 0) is 86.3 Å². The number of hydrogen-bond donors (Lipinski definition) is 0. The second kappa shape index (κ2) is 13.7. The Bertz CT molecular complexity index is 1130. The largest absolute Gasteiger partial charge is 0.493 e. The smallest absolute Gasteiger partial charge is 0.306 e. The molecule has 0 spiro atoms. The highest BCUT2D eigenvalue weighted by atomic mass is 35.5. The number of ether oxygens (including phenoxy) is 4. The molecule has 0 N–H and O–H groups in total. The average molecular weight is 515 g/mol. The Balaban J connectivity index is 1.54. The van der Waals surface area contributed by atoms with Crippen molar-refractivity contribution in [2.75, 3.05) is 13.2 Å². The van der Waals surface area contributed by atoms with Crippen LogP contribution in [0.1, 0.15) is 44.7 Å². The summed E-state index contributed by atoms with van der Waals surface area (Å²) in [6.45, 7) is 6.71. The van der Waals surface area contributed by atoms with Crippen LogP contribution in [0.4, 0.5) is 4.39 Å². The molecule has 0 amide bonds. The third kappa shape index (κ3) is 8.45. The number of carbonyl (C=O) groups is 1. The molecule has 0 fully saturated rings. The number of hydrogen-bond acceptors (Lipinski definition) is 5. The quantitative estimate of drug-likeness (QED) is 0.220. The van der Waals surface area contributed by atoms with Crippen LogP contribution in [0.2, 0.25) is 5.02 Å². The van der Waals surface area contributed by atoms with E-state index < -0.39 is 0 Å². The second-order valence-electron chi connectivity index (χ2n) is 8.30. The average Bonchev–Trinajstić information content (AvgIpc) is 2.86. The number of halogens is 2. The van der Waals surface area contributed by atoms with E-state index in [1.807, 2.05) is 32.0 Å². The van der Waals surface area contributed by atoms with Gasteiger partial charge < -0.3 is 18.9 Å². The summed E-state index contributed by atoms with van der Waals surface area (Å²) in [5.74, 6) is 1.74. The van der Waals surface area contributed by atoms with E-state index in [1.54, 1.807) is 30.3 Å². The normalized spacial score (nSPS) is 11.6. The lowest BCUT2D eigenvalue weighted by atomic mass is 10.0. The zero-order valence-electron chi connectivity index (χ0n) is 20.9. The maximum Gasteiger partial charge on any atom is 0.306 e. The van der Waals surface area contributed by atoms with Crippen LogP contribution in [0.25, 0.3) is 0 Å². The summed E-state index contributed by atoms with van der Waals surface area (Å²) in [6, 6.07) is 16.9. The fraction of sp³-hybridized carbons (Fsp3) is 0.345. The molecule has 1 atom stereocenters. The van der Waals surface area contributed by atoms with Crippen molar-refractivity contribution in [3.63, 3.8) is 0 Å². The summed E-state index contributed by atoms with van der Waals surface area (Å²) in [5, 5.41) is 0.507. The molecule has 0 aromatic heterocycles. The Kier molecular flexibility index (Phi) is 10.4. The number of benzene rings is 3. The molecule has 0 aliphatic heterocycles. The van der Waals surface area contributed by atoms with Gasteiger partial charge >= 0.3 is 5.97 Å². The Morgan fingerprint density at radius 2 is 1.69 bits per heavy atom. The van der Waals surface area contributed by atoms with Crippen LogP contribution in [0.5, 0.6) is 23.0 Å². The van der Waals surface area contributed by atoms with Gasteiger partial charge in [0.05, 0.1) is 19.3 Å². The van der Waals surface area contributed by atoms with Crippen molar-refractivity contribution >= 4 is 17.6 Å². The van der Waals surface area contributed by atoms with Gasteiger partial charge in [0.1, 0.15) is 17.3 Å². The van der Waals surface area contributed by atoms with Gasteiger partial charge in [-0.15, -0.1) is 0 Å². The summed E-state index contributed by atoms with van der Waals surface area (Å²) in [4.78, 5) is 11.7. The van der Waals surface area contributed by atoms with Crippen molar-refractivity contribution < 1.29 is 28.1 Å². The first kappa shape index (κ1) is 27.3. The summed E-state index contributed by atoms with van der Waals surface area (Å²) in [6.07, 6.45) is 2.35. The van der Waals surface area contributed by atoms with E-state index in [0.717, 1.165) is 23.3 Å². The molecule has 0 saturated carbocycles. The molecule has 0 bridgehead atoms. The maximum absolute atomic E-state index is 13.2. The first-order valence-electron chi connectivity index (χ1n) is 12.2. The number of carbonyl (C=O) groups excluding carboxylic acids is 1. The molecule has 192 valence electrons. The van der Waals surface area contributed by atoms with E-state index in [1.165, 1.54) is 12.1 Å². The molecular formula is C29H32ClFO5. The van der Waals surface area contributed by atoms with Crippen molar-refractivity contribution in [3.05, 3.63) is 82.6 Å². The van der Waals surface area contributed by atoms with Crippen LogP contribution in [0.3, 0.4) is 0 Å². The van der Waals surface area contributed by atoms with Crippen molar-refractivity contribution in [1.82, 2.24) is 0 Å². The summed E-state index contributed by atoms with van der Waals surface area (Å²) >= 11 is 6.14. The van der Waals surface area contributed by atoms with Crippen LogP contribution >= 0.6 is 11.6 Å². The van der Waals surface area contributed by atoms with E-state index in [4.69, 9.17) is 30.5 Å². The third-order valence-corrected chi connectivity index (χ3v) is 5.77. The standard InChI is InChI=1S/C29H32ClFO5/c1-4-21-18-26(11-6-22(21)7-15-29(32)33-5-2)34-17-16-20(3)35-27-14-8-23(30)19-28(27)36-25-12-9-24(31)10-13-25/h6,8-14,18-20H,4-5,7,15-17H2,1-3H3. The third-order valence-electron chi connectivity index (χ3n) is 5.53. The monoisotopic (exact) mass is 514 g/mol. The van der Waals surface area contributed by atoms with Crippen LogP contribution < -0.4 is 14.2 Å². The van der Waals surface area contributed by atoms with Crippen molar-refractivity contribution in [2.45, 2.75) is 52.6 Å². The fourth-order valence-electron chi connectivity index (χ4n) is 3.64. The van der Waals surface area contributed by atoms with E-state index in [-0.39, 0.29) is 17.9 Å². The van der Waals surface area contributed by atoms with Gasteiger partial charge in [0.15, 0.2) is 11.5 Å². The molecule has 1 unspecified atom stereocenters. The minimum atomic E-state index is -0.337. The van der Waals surface area contributed by atoms with Crippen molar-refractivity contribution in [1.29, 1.82) is 0 Å². The molecule has 0 saturated heterocycles. The van der Waals surface area contributed by atoms with Gasteiger partial charge in [-0.3, -0.25) is 4.79 Å². The maximum atomic E-state index is 13.2. The zero-order chi connectivity index (χ0) is 25.9. The van der Waals surface area contributed by atoms with E-state index in [0.29, 0.717) is 54.7 Å². The highest BCUT2D eigenvalue weighted by molar-refractivity contribution is 6.30. The number of rotatable bonds is 13. The Morgan fingerprint density at radius 3 is 2.42 bits per heavy atom. The number of aryl methyl sites for hydroxylation is 2. The first-order valence-corrected chi connectivity index (χ1v) is 12.6. The summed E-state index contributed by atoms with van der Waals surface area (Å²) in [7, 11) is 0.